The van der Waals surface area contributed by atoms with Gasteiger partial charge in [-0.3, -0.25) is 0 Å². The van der Waals surface area contributed by atoms with Crippen molar-refractivity contribution in [2.75, 3.05) is 19.8 Å². The van der Waals surface area contributed by atoms with E-state index in [0.29, 0.717) is 26.4 Å². The van der Waals surface area contributed by atoms with Gasteiger partial charge in [0, 0.05) is 12.2 Å². The van der Waals surface area contributed by atoms with E-state index < -0.39 is 0 Å². The van der Waals surface area contributed by atoms with Crippen LogP contribution in [0.1, 0.15) is 36.8 Å². The first-order chi connectivity index (χ1) is 8.27. The van der Waals surface area contributed by atoms with Crippen molar-refractivity contribution in [1.82, 2.24) is 0 Å². The average Bonchev–Trinajstić information content (AvgIpc) is 2.69. The molecule has 0 aromatic carbocycles. The highest BCUT2D eigenvalue weighted by Crippen LogP contribution is 2.14. The summed E-state index contributed by atoms with van der Waals surface area (Å²) in [6, 6.07) is 1.95. The summed E-state index contributed by atoms with van der Waals surface area (Å²) in [4.78, 5) is 0. The highest BCUT2D eigenvalue weighted by Gasteiger charge is 2.05. The minimum Gasteiger partial charge on any atom is -0.465 e. The molecule has 0 bridgehead atoms. The van der Waals surface area contributed by atoms with E-state index in [1.807, 2.05) is 13.0 Å². The van der Waals surface area contributed by atoms with E-state index in [1.165, 1.54) is 0 Å². The molecule has 0 unspecified atom stereocenters. The second kappa shape index (κ2) is 8.28. The van der Waals surface area contributed by atoms with Gasteiger partial charge in [-0.1, -0.05) is 13.3 Å². The monoisotopic (exact) mass is 241 g/mol. The lowest BCUT2D eigenvalue weighted by molar-refractivity contribution is 0.0393. The Morgan fingerprint density at radius 3 is 2.65 bits per heavy atom. The first-order valence-electron chi connectivity index (χ1n) is 6.21. The van der Waals surface area contributed by atoms with Crippen LogP contribution in [-0.2, 0) is 22.6 Å². The SMILES string of the molecule is CCCCOCCOCc1cc(CN)oc1C. The fourth-order valence-corrected chi connectivity index (χ4v) is 1.48. The molecule has 0 amide bonds. The Bertz CT molecular complexity index is 310. The molecular formula is C13H23NO3. The molecule has 1 rings (SSSR count). The number of unbranched alkanes of at least 4 members (excludes halogenated alkanes) is 1. The maximum atomic E-state index is 5.51. The normalized spacial score (nSPS) is 11.0. The minimum absolute atomic E-state index is 0.432. The third-order valence-electron chi connectivity index (χ3n) is 2.54. The molecule has 0 atom stereocenters. The van der Waals surface area contributed by atoms with Gasteiger partial charge < -0.3 is 19.6 Å². The fourth-order valence-electron chi connectivity index (χ4n) is 1.48. The summed E-state index contributed by atoms with van der Waals surface area (Å²) in [5, 5.41) is 0. The van der Waals surface area contributed by atoms with Crippen LogP contribution in [0.15, 0.2) is 10.5 Å². The van der Waals surface area contributed by atoms with Crippen molar-refractivity contribution in [2.24, 2.45) is 5.73 Å². The van der Waals surface area contributed by atoms with Gasteiger partial charge in [0.2, 0.25) is 0 Å². The number of furan rings is 1. The van der Waals surface area contributed by atoms with Crippen LogP contribution in [-0.4, -0.2) is 19.8 Å². The molecule has 1 heterocycles. The van der Waals surface area contributed by atoms with E-state index >= 15 is 0 Å². The molecule has 0 aliphatic heterocycles. The van der Waals surface area contributed by atoms with E-state index in [4.69, 9.17) is 19.6 Å². The predicted octanol–water partition coefficient (Wildman–Crippen LogP) is 2.38. The second-order valence-electron chi connectivity index (χ2n) is 4.02. The smallest absolute Gasteiger partial charge is 0.118 e. The topological polar surface area (TPSA) is 57.6 Å². The number of rotatable bonds is 9. The first kappa shape index (κ1) is 14.2. The van der Waals surface area contributed by atoms with Crippen LogP contribution in [0.5, 0.6) is 0 Å². The molecular weight excluding hydrogens is 218 g/mol. The lowest BCUT2D eigenvalue weighted by Gasteiger charge is -2.04. The summed E-state index contributed by atoms with van der Waals surface area (Å²) in [6.45, 7) is 7.16. The summed E-state index contributed by atoms with van der Waals surface area (Å²) in [5.41, 5.74) is 6.57. The van der Waals surface area contributed by atoms with E-state index in [2.05, 4.69) is 6.92 Å². The Morgan fingerprint density at radius 1 is 1.24 bits per heavy atom. The quantitative estimate of drug-likeness (QED) is 0.674. The molecule has 4 heteroatoms. The number of hydrogen-bond donors (Lipinski definition) is 1. The molecule has 1 aromatic rings. The van der Waals surface area contributed by atoms with Crippen LogP contribution < -0.4 is 5.73 Å². The maximum Gasteiger partial charge on any atom is 0.118 e. The van der Waals surface area contributed by atoms with Gasteiger partial charge in [-0.15, -0.1) is 0 Å². The Kier molecular flexibility index (Phi) is 6.93. The molecule has 98 valence electrons. The van der Waals surface area contributed by atoms with Crippen molar-refractivity contribution in [1.29, 1.82) is 0 Å². The summed E-state index contributed by atoms with van der Waals surface area (Å²) in [5.74, 6) is 1.69. The van der Waals surface area contributed by atoms with Crippen molar-refractivity contribution in [3.05, 3.63) is 23.2 Å². The molecule has 4 nitrogen and oxygen atoms in total. The Hall–Kier alpha value is -0.840. The Balaban J connectivity index is 2.11. The number of hydrogen-bond acceptors (Lipinski definition) is 4. The van der Waals surface area contributed by atoms with Gasteiger partial charge in [-0.05, 0) is 19.4 Å². The molecule has 0 aliphatic carbocycles. The number of ether oxygens (including phenoxy) is 2. The molecule has 1 aromatic heterocycles. The standard InChI is InChI=1S/C13H23NO3/c1-3-4-5-15-6-7-16-10-12-8-13(9-14)17-11(12)2/h8H,3-7,9-10,14H2,1-2H3. The highest BCUT2D eigenvalue weighted by atomic mass is 16.5. The lowest BCUT2D eigenvalue weighted by Crippen LogP contribution is -2.05. The van der Waals surface area contributed by atoms with Crippen LogP contribution in [0, 0.1) is 6.92 Å². The fraction of sp³-hybridized carbons (Fsp3) is 0.692. The molecule has 0 fully saturated rings. The maximum absolute atomic E-state index is 5.51. The van der Waals surface area contributed by atoms with Crippen LogP contribution in [0.4, 0.5) is 0 Å². The zero-order chi connectivity index (χ0) is 12.5. The Morgan fingerprint density at radius 2 is 2.00 bits per heavy atom. The average molecular weight is 241 g/mol. The van der Waals surface area contributed by atoms with Gasteiger partial charge in [0.1, 0.15) is 11.5 Å². The largest absolute Gasteiger partial charge is 0.465 e. The van der Waals surface area contributed by atoms with E-state index in [1.54, 1.807) is 0 Å². The number of aryl methyl sites for hydroxylation is 1. The molecule has 0 aliphatic rings. The number of nitrogens with two attached hydrogens (primary N) is 1. The zero-order valence-corrected chi connectivity index (χ0v) is 10.8. The molecule has 0 spiro atoms. The van der Waals surface area contributed by atoms with Crippen LogP contribution in [0.3, 0.4) is 0 Å². The van der Waals surface area contributed by atoms with Gasteiger partial charge in [-0.2, -0.15) is 0 Å². The van der Waals surface area contributed by atoms with Gasteiger partial charge in [0.05, 0.1) is 26.4 Å². The molecule has 2 N–H and O–H groups in total. The summed E-state index contributed by atoms with van der Waals surface area (Å²) in [7, 11) is 0. The first-order valence-corrected chi connectivity index (χ1v) is 6.21. The van der Waals surface area contributed by atoms with E-state index in [-0.39, 0.29) is 0 Å². The summed E-state index contributed by atoms with van der Waals surface area (Å²) >= 11 is 0. The third kappa shape index (κ3) is 5.35. The molecule has 17 heavy (non-hydrogen) atoms. The van der Waals surface area contributed by atoms with E-state index in [0.717, 1.165) is 36.5 Å². The van der Waals surface area contributed by atoms with Crippen molar-refractivity contribution >= 4 is 0 Å². The minimum atomic E-state index is 0.432. The molecule has 0 saturated carbocycles. The van der Waals surface area contributed by atoms with Gasteiger partial charge >= 0.3 is 0 Å². The van der Waals surface area contributed by atoms with Crippen LogP contribution in [0.2, 0.25) is 0 Å². The predicted molar refractivity (Wildman–Crippen MR) is 66.7 cm³/mol. The highest BCUT2D eigenvalue weighted by molar-refractivity contribution is 5.19. The summed E-state index contributed by atoms with van der Waals surface area (Å²) < 4.78 is 16.4. The van der Waals surface area contributed by atoms with E-state index in [9.17, 15) is 0 Å². The van der Waals surface area contributed by atoms with Gasteiger partial charge in [0.25, 0.3) is 0 Å². The van der Waals surface area contributed by atoms with Crippen molar-refractivity contribution in [3.63, 3.8) is 0 Å². The Labute approximate surface area is 103 Å². The van der Waals surface area contributed by atoms with Gasteiger partial charge in [-0.25, -0.2) is 0 Å². The third-order valence-corrected chi connectivity index (χ3v) is 2.54. The zero-order valence-electron chi connectivity index (χ0n) is 10.8. The molecule has 0 saturated heterocycles. The van der Waals surface area contributed by atoms with Crippen molar-refractivity contribution in [3.8, 4) is 0 Å². The van der Waals surface area contributed by atoms with Crippen molar-refractivity contribution in [2.45, 2.75) is 39.8 Å². The van der Waals surface area contributed by atoms with Crippen molar-refractivity contribution < 1.29 is 13.9 Å². The second-order valence-corrected chi connectivity index (χ2v) is 4.02. The molecule has 0 radical (unpaired) electrons. The van der Waals surface area contributed by atoms with Gasteiger partial charge in [0.15, 0.2) is 0 Å². The van der Waals surface area contributed by atoms with Crippen LogP contribution in [0.25, 0.3) is 0 Å². The summed E-state index contributed by atoms with van der Waals surface area (Å²) in [6.07, 6.45) is 2.28. The van der Waals surface area contributed by atoms with Crippen LogP contribution >= 0.6 is 0 Å². The lowest BCUT2D eigenvalue weighted by atomic mass is 10.2.